The summed E-state index contributed by atoms with van der Waals surface area (Å²) in [5.74, 6) is -3.07. The molecule has 0 radical (unpaired) electrons. The van der Waals surface area contributed by atoms with Gasteiger partial charge in [-0.05, 0) is 64.5 Å². The van der Waals surface area contributed by atoms with Gasteiger partial charge in [-0.3, -0.25) is 14.4 Å². The van der Waals surface area contributed by atoms with Crippen molar-refractivity contribution < 1.29 is 24.3 Å². The predicted octanol–water partition coefficient (Wildman–Crippen LogP) is -1.21. The first kappa shape index (κ1) is 28.8. The number of nitrogens with one attached hydrogen (secondary N) is 3. The summed E-state index contributed by atoms with van der Waals surface area (Å²) in [6.07, 6.45) is 3.06. The van der Waals surface area contributed by atoms with E-state index < -0.39 is 47.9 Å². The van der Waals surface area contributed by atoms with E-state index in [1.807, 2.05) is 0 Å². The van der Waals surface area contributed by atoms with Crippen molar-refractivity contribution in [2.45, 2.75) is 83.5 Å². The lowest BCUT2D eigenvalue weighted by molar-refractivity contribution is -0.142. The van der Waals surface area contributed by atoms with Crippen molar-refractivity contribution in [3.8, 4) is 0 Å². The summed E-state index contributed by atoms with van der Waals surface area (Å²) >= 11 is 0. The predicted molar refractivity (Wildman–Crippen MR) is 118 cm³/mol. The lowest BCUT2D eigenvalue weighted by Gasteiger charge is -2.27. The molecule has 0 spiro atoms. The molecule has 0 aliphatic carbocycles. The van der Waals surface area contributed by atoms with Crippen LogP contribution in [0.15, 0.2) is 0 Å². The maximum atomic E-state index is 12.8. The van der Waals surface area contributed by atoms with Crippen molar-refractivity contribution in [1.82, 2.24) is 16.0 Å². The van der Waals surface area contributed by atoms with Gasteiger partial charge in [0.1, 0.15) is 18.1 Å². The highest BCUT2D eigenvalue weighted by atomic mass is 16.4. The second-order valence-corrected chi connectivity index (χ2v) is 8.05. The molecule has 0 aromatic heterocycles. The molecule has 0 bridgehead atoms. The number of hydrogen-bond acceptors (Lipinski definition) is 7. The minimum absolute atomic E-state index is 0.239. The summed E-state index contributed by atoms with van der Waals surface area (Å²) in [6, 6.07) is -3.71. The van der Waals surface area contributed by atoms with Gasteiger partial charge < -0.3 is 38.3 Å². The zero-order valence-corrected chi connectivity index (χ0v) is 18.9. The van der Waals surface area contributed by atoms with E-state index in [4.69, 9.17) is 17.2 Å². The molecule has 11 heteroatoms. The molecule has 10 N–H and O–H groups in total. The first-order chi connectivity index (χ1) is 14.5. The second-order valence-electron chi connectivity index (χ2n) is 8.05. The molecule has 0 fully saturated rings. The van der Waals surface area contributed by atoms with Crippen molar-refractivity contribution in [2.24, 2.45) is 23.1 Å². The number of hydrogen-bond donors (Lipinski definition) is 7. The summed E-state index contributed by atoms with van der Waals surface area (Å²) in [6.45, 7) is 5.86. The number of carbonyl (C=O) groups is 4. The zero-order chi connectivity index (χ0) is 24.0. The number of nitrogens with two attached hydrogens (primary N) is 3. The average molecular weight is 445 g/mol. The molecule has 0 aromatic carbocycles. The summed E-state index contributed by atoms with van der Waals surface area (Å²) in [7, 11) is 0. The van der Waals surface area contributed by atoms with Crippen LogP contribution in [0.4, 0.5) is 0 Å². The number of amides is 3. The lowest BCUT2D eigenvalue weighted by atomic mass is 10.0. The maximum absolute atomic E-state index is 12.8. The molecule has 0 saturated heterocycles. The molecule has 0 heterocycles. The molecule has 0 rings (SSSR count). The Morgan fingerprint density at radius 2 is 1.23 bits per heavy atom. The summed E-state index contributed by atoms with van der Waals surface area (Å²) < 4.78 is 0. The van der Waals surface area contributed by atoms with Crippen LogP contribution < -0.4 is 33.2 Å². The van der Waals surface area contributed by atoms with Crippen LogP contribution in [-0.4, -0.2) is 66.1 Å². The third-order valence-corrected chi connectivity index (χ3v) is 4.80. The van der Waals surface area contributed by atoms with Crippen molar-refractivity contribution in [3.63, 3.8) is 0 Å². The number of carbonyl (C=O) groups excluding carboxylic acids is 3. The quantitative estimate of drug-likeness (QED) is 0.143. The summed E-state index contributed by atoms with van der Waals surface area (Å²) in [4.78, 5) is 49.1. The number of aliphatic carboxylic acids is 1. The molecule has 4 unspecified atom stereocenters. The van der Waals surface area contributed by atoms with E-state index in [0.717, 1.165) is 0 Å². The standard InChI is InChI=1S/C20H40N6O5/c1-12(2)16(19(29)25-15(20(30)31)9-5-7-11-22)26-18(28)14(8-4-6-10-21)24-17(27)13(3)23/h12-16H,4-11,21-23H2,1-3H3,(H,24,27)(H,25,29)(H,26,28)(H,30,31). The third kappa shape index (κ3) is 11.7. The number of carboxylic acids is 1. The van der Waals surface area contributed by atoms with Crippen LogP contribution in [-0.2, 0) is 19.2 Å². The Balaban J connectivity index is 5.25. The van der Waals surface area contributed by atoms with Crippen LogP contribution in [0.1, 0.15) is 59.3 Å². The van der Waals surface area contributed by atoms with Gasteiger partial charge in [0, 0.05) is 0 Å². The van der Waals surface area contributed by atoms with Gasteiger partial charge in [-0.15, -0.1) is 0 Å². The van der Waals surface area contributed by atoms with E-state index >= 15 is 0 Å². The van der Waals surface area contributed by atoms with E-state index in [-0.39, 0.29) is 12.3 Å². The monoisotopic (exact) mass is 444 g/mol. The minimum atomic E-state index is -1.15. The SMILES string of the molecule is CC(N)C(=O)NC(CCCCN)C(=O)NC(C(=O)NC(CCCCN)C(=O)O)C(C)C. The Morgan fingerprint density at radius 1 is 0.742 bits per heavy atom. The van der Waals surface area contributed by atoms with E-state index in [1.54, 1.807) is 13.8 Å². The highest BCUT2D eigenvalue weighted by Gasteiger charge is 2.31. The first-order valence-electron chi connectivity index (χ1n) is 10.8. The van der Waals surface area contributed by atoms with Gasteiger partial charge in [0.2, 0.25) is 17.7 Å². The maximum Gasteiger partial charge on any atom is 0.326 e. The van der Waals surface area contributed by atoms with Gasteiger partial charge in [0.05, 0.1) is 6.04 Å². The topological polar surface area (TPSA) is 203 Å². The van der Waals surface area contributed by atoms with Gasteiger partial charge in [0.15, 0.2) is 0 Å². The molecule has 3 amide bonds. The van der Waals surface area contributed by atoms with E-state index in [0.29, 0.717) is 45.2 Å². The number of carboxylic acid groups (broad SMARTS) is 1. The minimum Gasteiger partial charge on any atom is -0.480 e. The highest BCUT2D eigenvalue weighted by molar-refractivity contribution is 5.94. The molecule has 0 aromatic rings. The number of unbranched alkanes of at least 4 members (excludes halogenated alkanes) is 2. The Hall–Kier alpha value is -2.24. The van der Waals surface area contributed by atoms with Gasteiger partial charge in [-0.2, -0.15) is 0 Å². The van der Waals surface area contributed by atoms with Gasteiger partial charge >= 0.3 is 5.97 Å². The lowest BCUT2D eigenvalue weighted by Crippen LogP contribution is -2.58. The normalized spacial score (nSPS) is 14.9. The van der Waals surface area contributed by atoms with Crippen molar-refractivity contribution in [1.29, 1.82) is 0 Å². The third-order valence-electron chi connectivity index (χ3n) is 4.80. The van der Waals surface area contributed by atoms with Crippen molar-refractivity contribution in [3.05, 3.63) is 0 Å². The molecule has 0 aliphatic heterocycles. The number of rotatable bonds is 16. The average Bonchev–Trinajstić information content (AvgIpc) is 2.69. The van der Waals surface area contributed by atoms with Gasteiger partial charge in [-0.1, -0.05) is 13.8 Å². The fourth-order valence-electron chi connectivity index (χ4n) is 2.87. The molecule has 0 aliphatic rings. The highest BCUT2D eigenvalue weighted by Crippen LogP contribution is 2.08. The van der Waals surface area contributed by atoms with Gasteiger partial charge in [-0.25, -0.2) is 4.79 Å². The second kappa shape index (κ2) is 15.5. The molecular weight excluding hydrogens is 404 g/mol. The molecular formula is C20H40N6O5. The van der Waals surface area contributed by atoms with Crippen LogP contribution in [0.2, 0.25) is 0 Å². The zero-order valence-electron chi connectivity index (χ0n) is 18.9. The fourth-order valence-corrected chi connectivity index (χ4v) is 2.87. The Labute approximate surface area is 184 Å². The van der Waals surface area contributed by atoms with Gasteiger partial charge in [0.25, 0.3) is 0 Å². The molecule has 11 nitrogen and oxygen atoms in total. The van der Waals surface area contributed by atoms with Crippen molar-refractivity contribution in [2.75, 3.05) is 13.1 Å². The van der Waals surface area contributed by atoms with Crippen molar-refractivity contribution >= 4 is 23.7 Å². The van der Waals surface area contributed by atoms with E-state index in [2.05, 4.69) is 16.0 Å². The smallest absolute Gasteiger partial charge is 0.326 e. The largest absolute Gasteiger partial charge is 0.480 e. The molecule has 180 valence electrons. The first-order valence-corrected chi connectivity index (χ1v) is 10.8. The molecule has 31 heavy (non-hydrogen) atoms. The Bertz CT molecular complexity index is 584. The van der Waals surface area contributed by atoms with Crippen LogP contribution in [0.3, 0.4) is 0 Å². The van der Waals surface area contributed by atoms with Crippen LogP contribution in [0.5, 0.6) is 0 Å². The van der Waals surface area contributed by atoms with E-state index in [1.165, 1.54) is 6.92 Å². The fraction of sp³-hybridized carbons (Fsp3) is 0.800. The summed E-state index contributed by atoms with van der Waals surface area (Å²) in [5, 5.41) is 17.1. The van der Waals surface area contributed by atoms with Crippen LogP contribution in [0.25, 0.3) is 0 Å². The molecule has 0 saturated carbocycles. The summed E-state index contributed by atoms with van der Waals surface area (Å²) in [5.41, 5.74) is 16.5. The molecule has 4 atom stereocenters. The Morgan fingerprint density at radius 3 is 1.65 bits per heavy atom. The van der Waals surface area contributed by atoms with Crippen LogP contribution >= 0.6 is 0 Å². The van der Waals surface area contributed by atoms with Crippen LogP contribution in [0, 0.1) is 5.92 Å². The Kier molecular flexibility index (Phi) is 14.4. The van der Waals surface area contributed by atoms with E-state index in [9.17, 15) is 24.3 Å².